The van der Waals surface area contributed by atoms with Crippen LogP contribution in [0, 0.1) is 0 Å². The summed E-state index contributed by atoms with van der Waals surface area (Å²) in [6.07, 6.45) is 22.1. The molecule has 0 radical (unpaired) electrons. The standard InChI is InChI=1S/C41H45B3O6Si2/c1-40(2,3)51-45-42(37-25-19-34(20-26-37)31-13-7-8-14-31)48-52(41(4,5)6,49-43(46-51)38-27-21-35(22-28-38)32-15-9-10-16-32)50-44(47-51)39-29-23-36(24-30-39)33-17-11-12-18-33/h7-13,15,17,19-30H,14,16,18H2,1-6H3. The zero-order chi connectivity index (χ0) is 36.1. The number of hydrogen-bond acceptors (Lipinski definition) is 6. The van der Waals surface area contributed by atoms with Gasteiger partial charge >= 0.3 is 39.0 Å². The van der Waals surface area contributed by atoms with E-state index < -0.39 is 49.0 Å². The summed E-state index contributed by atoms with van der Waals surface area (Å²) < 4.78 is 43.7. The van der Waals surface area contributed by atoms with Crippen LogP contribution in [0.1, 0.15) is 77.5 Å². The quantitative estimate of drug-likeness (QED) is 0.242. The van der Waals surface area contributed by atoms with Crippen LogP contribution in [-0.2, 0) is 26.1 Å². The number of hydrogen-bond donors (Lipinski definition) is 0. The lowest BCUT2D eigenvalue weighted by molar-refractivity contribution is 0.104. The molecule has 3 aliphatic heterocycles. The van der Waals surface area contributed by atoms with Crippen molar-refractivity contribution in [3.05, 3.63) is 144 Å². The lowest BCUT2D eigenvalue weighted by Gasteiger charge is -2.54. The Kier molecular flexibility index (Phi) is 9.37. The molecule has 0 atom stereocenters. The summed E-state index contributed by atoms with van der Waals surface area (Å²) in [6.45, 7) is 12.6. The van der Waals surface area contributed by atoms with Gasteiger partial charge in [-0.05, 0) is 69.1 Å². The van der Waals surface area contributed by atoms with E-state index >= 15 is 0 Å². The highest BCUT2D eigenvalue weighted by molar-refractivity contribution is 6.95. The predicted molar refractivity (Wildman–Crippen MR) is 218 cm³/mol. The molecule has 6 aliphatic rings. The highest BCUT2D eigenvalue weighted by Crippen LogP contribution is 2.48. The number of rotatable bonds is 6. The average molecular weight is 722 g/mol. The smallest absolute Gasteiger partial charge is 0.409 e. The van der Waals surface area contributed by atoms with Crippen molar-refractivity contribution in [1.82, 2.24) is 0 Å². The van der Waals surface area contributed by atoms with Gasteiger partial charge in [0.05, 0.1) is 0 Å². The maximum atomic E-state index is 7.28. The lowest BCUT2D eigenvalue weighted by Crippen LogP contribution is -2.77. The first-order valence-electron chi connectivity index (χ1n) is 18.4. The van der Waals surface area contributed by atoms with Gasteiger partial charge in [0.25, 0.3) is 0 Å². The van der Waals surface area contributed by atoms with E-state index in [4.69, 9.17) is 26.1 Å². The molecule has 0 spiro atoms. The van der Waals surface area contributed by atoms with Crippen LogP contribution >= 0.6 is 0 Å². The van der Waals surface area contributed by atoms with Crippen LogP contribution in [0.3, 0.4) is 0 Å². The van der Waals surface area contributed by atoms with Gasteiger partial charge in [-0.3, -0.25) is 0 Å². The molecule has 9 rings (SSSR count). The van der Waals surface area contributed by atoms with Gasteiger partial charge < -0.3 is 26.1 Å². The maximum absolute atomic E-state index is 7.28. The molecule has 3 aromatic rings. The van der Waals surface area contributed by atoms with Crippen LogP contribution in [-0.4, -0.2) is 39.0 Å². The molecular formula is C41H45B3O6Si2. The molecule has 11 heteroatoms. The number of fused-ring (bicyclic) bond motifs is 6. The van der Waals surface area contributed by atoms with Gasteiger partial charge in [0.15, 0.2) is 0 Å². The van der Waals surface area contributed by atoms with Crippen LogP contribution in [0.2, 0.25) is 10.1 Å². The molecule has 3 fully saturated rings. The van der Waals surface area contributed by atoms with Gasteiger partial charge in [0.2, 0.25) is 0 Å². The fourth-order valence-corrected chi connectivity index (χ4v) is 12.6. The largest absolute Gasteiger partial charge is 0.478 e. The zero-order valence-electron chi connectivity index (χ0n) is 30.9. The van der Waals surface area contributed by atoms with E-state index in [9.17, 15) is 0 Å². The molecule has 2 bridgehead atoms. The first-order valence-corrected chi connectivity index (χ1v) is 21.8. The molecule has 0 aromatic heterocycles. The van der Waals surface area contributed by atoms with Crippen molar-refractivity contribution in [1.29, 1.82) is 0 Å². The summed E-state index contributed by atoms with van der Waals surface area (Å²) in [5, 5.41) is -1.20. The normalized spacial score (nSPS) is 24.6. The SMILES string of the molecule is CC(C)(C)[Si]12OB(c3ccc(C4=CC=CC4)cc3)O[Si](C(C)(C)C)(OB(c3ccc(C4=CC=CC4)cc3)O1)OB(c1ccc(C3=CC=CC3)cc1)O2. The van der Waals surface area contributed by atoms with Gasteiger partial charge in [-0.2, -0.15) is 0 Å². The molecule has 3 heterocycles. The Morgan fingerprint density at radius 1 is 0.404 bits per heavy atom. The monoisotopic (exact) mass is 722 g/mol. The second-order valence-electron chi connectivity index (χ2n) is 16.2. The molecule has 0 saturated carbocycles. The Morgan fingerprint density at radius 2 is 0.654 bits per heavy atom. The Bertz CT molecular complexity index is 1760. The van der Waals surface area contributed by atoms with E-state index in [1.54, 1.807) is 0 Å². The van der Waals surface area contributed by atoms with Crippen LogP contribution in [0.4, 0.5) is 0 Å². The van der Waals surface area contributed by atoms with Crippen molar-refractivity contribution in [3.63, 3.8) is 0 Å². The Balaban J connectivity index is 1.23. The lowest BCUT2D eigenvalue weighted by atomic mass is 9.79. The minimum atomic E-state index is -3.79. The van der Waals surface area contributed by atoms with Crippen molar-refractivity contribution >= 4 is 72.1 Å². The molecule has 3 aromatic carbocycles. The number of allylic oxidation sites excluding steroid dienone is 12. The van der Waals surface area contributed by atoms with Crippen molar-refractivity contribution in [2.75, 3.05) is 0 Å². The summed E-state index contributed by atoms with van der Waals surface area (Å²) in [4.78, 5) is 0. The van der Waals surface area contributed by atoms with Crippen LogP contribution in [0.5, 0.6) is 0 Å². The minimum Gasteiger partial charge on any atom is -0.409 e. The molecule has 0 N–H and O–H groups in total. The van der Waals surface area contributed by atoms with Gasteiger partial charge in [-0.25, -0.2) is 0 Å². The first-order chi connectivity index (χ1) is 24.9. The fourth-order valence-electron chi connectivity index (χ4n) is 7.10. The van der Waals surface area contributed by atoms with Gasteiger partial charge in [0, 0.05) is 10.1 Å². The summed E-state index contributed by atoms with van der Waals surface area (Å²) in [6, 6.07) is 25.3. The van der Waals surface area contributed by atoms with Crippen molar-refractivity contribution in [2.45, 2.75) is 70.9 Å². The van der Waals surface area contributed by atoms with Crippen LogP contribution < -0.4 is 16.4 Å². The van der Waals surface area contributed by atoms with Crippen LogP contribution in [0.15, 0.2) is 127 Å². The second-order valence-corrected chi connectivity index (χ2v) is 22.8. The Labute approximate surface area is 312 Å². The Hall–Kier alpha value is -3.51. The molecule has 0 unspecified atom stereocenters. The molecule has 3 aliphatic carbocycles. The van der Waals surface area contributed by atoms with E-state index in [1.807, 2.05) is 0 Å². The number of benzene rings is 3. The van der Waals surface area contributed by atoms with E-state index in [1.165, 1.54) is 33.4 Å². The third-order valence-corrected chi connectivity index (χ3v) is 17.2. The third-order valence-electron chi connectivity index (χ3n) is 10.4. The van der Waals surface area contributed by atoms with Crippen molar-refractivity contribution in [3.8, 4) is 0 Å². The highest BCUT2D eigenvalue weighted by atomic mass is 28.4. The van der Waals surface area contributed by atoms with Crippen molar-refractivity contribution in [2.24, 2.45) is 0 Å². The highest BCUT2D eigenvalue weighted by Gasteiger charge is 2.69. The van der Waals surface area contributed by atoms with Gasteiger partial charge in [-0.1, -0.05) is 169 Å². The molecule has 3 saturated heterocycles. The maximum Gasteiger partial charge on any atom is 0.478 e. The molecular weight excluding hydrogens is 677 g/mol. The summed E-state index contributed by atoms with van der Waals surface area (Å²) in [7, 11) is -10.1. The molecule has 0 amide bonds. The molecule has 262 valence electrons. The first kappa shape index (κ1) is 35.5. The summed E-state index contributed by atoms with van der Waals surface area (Å²) in [5.74, 6) is 0. The van der Waals surface area contributed by atoms with Crippen LogP contribution in [0.25, 0.3) is 16.7 Å². The van der Waals surface area contributed by atoms with E-state index in [-0.39, 0.29) is 0 Å². The molecule has 52 heavy (non-hydrogen) atoms. The zero-order valence-corrected chi connectivity index (χ0v) is 32.9. The van der Waals surface area contributed by atoms with E-state index in [0.29, 0.717) is 0 Å². The van der Waals surface area contributed by atoms with E-state index in [0.717, 1.165) is 35.7 Å². The van der Waals surface area contributed by atoms with E-state index in [2.05, 4.69) is 169 Å². The Morgan fingerprint density at radius 3 is 0.846 bits per heavy atom. The predicted octanol–water partition coefficient (Wildman–Crippen LogP) is 7.81. The van der Waals surface area contributed by atoms with Crippen molar-refractivity contribution < 1.29 is 26.1 Å². The van der Waals surface area contributed by atoms with Gasteiger partial charge in [0.1, 0.15) is 0 Å². The fraction of sp³-hybridized carbons (Fsp3) is 0.268. The average Bonchev–Trinajstić information content (AvgIpc) is 3.92. The van der Waals surface area contributed by atoms with Gasteiger partial charge in [-0.15, -0.1) is 0 Å². The molecule has 6 nitrogen and oxygen atoms in total. The summed E-state index contributed by atoms with van der Waals surface area (Å²) >= 11 is 0. The topological polar surface area (TPSA) is 55.4 Å². The minimum absolute atomic E-state index is 0.598. The second kappa shape index (κ2) is 13.7. The third kappa shape index (κ3) is 6.74. The summed E-state index contributed by atoms with van der Waals surface area (Å²) in [5.41, 5.74) is 9.95.